The second kappa shape index (κ2) is 7.65. The predicted octanol–water partition coefficient (Wildman–Crippen LogP) is 3.43. The van der Waals surface area contributed by atoms with Gasteiger partial charge in [0.2, 0.25) is 5.91 Å². The van der Waals surface area contributed by atoms with Gasteiger partial charge in [0, 0.05) is 18.9 Å². The first kappa shape index (κ1) is 20.5. The van der Waals surface area contributed by atoms with Gasteiger partial charge in [-0.2, -0.15) is 0 Å². The van der Waals surface area contributed by atoms with Crippen LogP contribution in [0.2, 0.25) is 0 Å². The van der Waals surface area contributed by atoms with Gasteiger partial charge in [0.1, 0.15) is 6.61 Å². The van der Waals surface area contributed by atoms with E-state index in [4.69, 9.17) is 4.74 Å². The topological polar surface area (TPSA) is 105 Å². The monoisotopic (exact) mass is 434 g/mol. The molecule has 7 nitrogen and oxygen atoms in total. The van der Waals surface area contributed by atoms with Crippen LogP contribution >= 0.6 is 0 Å². The number of benzene rings is 2. The Kier molecular flexibility index (Phi) is 4.92. The van der Waals surface area contributed by atoms with Gasteiger partial charge < -0.3 is 20.5 Å². The largest absolute Gasteiger partial charge is 0.481 e. The third-order valence-electron chi connectivity index (χ3n) is 6.99. The van der Waals surface area contributed by atoms with E-state index in [2.05, 4.69) is 34.9 Å². The maximum absolute atomic E-state index is 12.5. The van der Waals surface area contributed by atoms with Crippen LogP contribution in [-0.4, -0.2) is 41.8 Å². The van der Waals surface area contributed by atoms with Gasteiger partial charge in [-0.1, -0.05) is 48.5 Å². The van der Waals surface area contributed by atoms with E-state index >= 15 is 0 Å². The van der Waals surface area contributed by atoms with E-state index < -0.39 is 23.0 Å². The molecule has 2 amide bonds. The summed E-state index contributed by atoms with van der Waals surface area (Å²) >= 11 is 0. The molecule has 0 aliphatic heterocycles. The Morgan fingerprint density at radius 3 is 2.06 bits per heavy atom. The minimum atomic E-state index is -0.865. The number of amides is 2. The van der Waals surface area contributed by atoms with Crippen molar-refractivity contribution in [1.82, 2.24) is 10.6 Å². The molecule has 0 unspecified atom stereocenters. The zero-order valence-electron chi connectivity index (χ0n) is 17.7. The van der Waals surface area contributed by atoms with E-state index in [9.17, 15) is 19.5 Å². The smallest absolute Gasteiger partial charge is 0.407 e. The molecule has 3 aliphatic carbocycles. The molecule has 0 bridgehead atoms. The number of carbonyl (C=O) groups excluding carboxylic acids is 2. The molecular weight excluding hydrogens is 408 g/mol. The van der Waals surface area contributed by atoms with Gasteiger partial charge >= 0.3 is 12.1 Å². The fraction of sp³-hybridized carbons (Fsp3) is 0.400. The van der Waals surface area contributed by atoms with Gasteiger partial charge in [0.05, 0.1) is 11.0 Å². The molecule has 0 saturated heterocycles. The highest BCUT2D eigenvalue weighted by Gasteiger charge is 2.51. The number of alkyl carbamates (subject to hydrolysis) is 1. The lowest BCUT2D eigenvalue weighted by Crippen LogP contribution is -2.43. The van der Waals surface area contributed by atoms with Crippen LogP contribution in [0, 0.1) is 5.41 Å². The lowest BCUT2D eigenvalue weighted by molar-refractivity contribution is -0.143. The van der Waals surface area contributed by atoms with Gasteiger partial charge in [-0.25, -0.2) is 4.79 Å². The van der Waals surface area contributed by atoms with Gasteiger partial charge in [-0.3, -0.25) is 9.59 Å². The second-order valence-electron chi connectivity index (χ2n) is 9.27. The van der Waals surface area contributed by atoms with Crippen LogP contribution in [0.1, 0.15) is 49.1 Å². The number of carbonyl (C=O) groups is 3. The summed E-state index contributed by atoms with van der Waals surface area (Å²) in [4.78, 5) is 36.1. The molecule has 2 saturated carbocycles. The summed E-state index contributed by atoms with van der Waals surface area (Å²) in [5, 5.41) is 14.8. The van der Waals surface area contributed by atoms with Crippen LogP contribution in [-0.2, 0) is 14.3 Å². The lowest BCUT2D eigenvalue weighted by atomic mass is 9.98. The maximum atomic E-state index is 12.5. The first-order valence-corrected chi connectivity index (χ1v) is 11.0. The number of hydrogen-bond acceptors (Lipinski definition) is 4. The highest BCUT2D eigenvalue weighted by molar-refractivity contribution is 5.82. The zero-order valence-corrected chi connectivity index (χ0v) is 17.7. The Balaban J connectivity index is 1.15. The van der Waals surface area contributed by atoms with E-state index in [-0.39, 0.29) is 31.4 Å². The molecule has 7 heteroatoms. The average Bonchev–Trinajstić information content (AvgIpc) is 3.70. The highest BCUT2D eigenvalue weighted by atomic mass is 16.5. The second-order valence-corrected chi connectivity index (χ2v) is 9.27. The van der Waals surface area contributed by atoms with Crippen molar-refractivity contribution < 1.29 is 24.2 Å². The van der Waals surface area contributed by atoms with Crippen LogP contribution in [0.25, 0.3) is 11.1 Å². The van der Waals surface area contributed by atoms with E-state index in [0.717, 1.165) is 11.1 Å². The Bertz CT molecular complexity index is 1040. The minimum absolute atomic E-state index is 0.0163. The molecule has 0 spiro atoms. The van der Waals surface area contributed by atoms with Gasteiger partial charge in [0.25, 0.3) is 0 Å². The molecule has 32 heavy (non-hydrogen) atoms. The fourth-order valence-corrected chi connectivity index (χ4v) is 4.60. The highest BCUT2D eigenvalue weighted by Crippen LogP contribution is 2.46. The third-order valence-corrected chi connectivity index (χ3v) is 6.99. The van der Waals surface area contributed by atoms with E-state index in [1.165, 1.54) is 11.1 Å². The summed E-state index contributed by atoms with van der Waals surface area (Å²) in [6.45, 7) is 0.367. The summed E-state index contributed by atoms with van der Waals surface area (Å²) < 4.78 is 5.59. The Labute approximate surface area is 186 Å². The SMILES string of the molecule is O=C(CC1(NC(=O)OCC2c3ccccc3-c3ccccc32)CC1)NCC1(C(=O)O)CC1. The fourth-order valence-electron chi connectivity index (χ4n) is 4.60. The molecule has 0 radical (unpaired) electrons. The van der Waals surface area contributed by atoms with Crippen LogP contribution in [0.3, 0.4) is 0 Å². The van der Waals surface area contributed by atoms with Gasteiger partial charge in [-0.05, 0) is 47.9 Å². The van der Waals surface area contributed by atoms with Crippen molar-refractivity contribution in [3.63, 3.8) is 0 Å². The van der Waals surface area contributed by atoms with Crippen molar-refractivity contribution in [2.75, 3.05) is 13.2 Å². The predicted molar refractivity (Wildman–Crippen MR) is 117 cm³/mol. The van der Waals surface area contributed by atoms with Crippen molar-refractivity contribution in [2.45, 2.75) is 43.6 Å². The summed E-state index contributed by atoms with van der Waals surface area (Å²) in [5.74, 6) is -1.12. The van der Waals surface area contributed by atoms with E-state index in [1.54, 1.807) is 0 Å². The molecule has 0 heterocycles. The number of nitrogens with one attached hydrogen (secondary N) is 2. The number of rotatable bonds is 8. The Morgan fingerprint density at radius 2 is 1.53 bits per heavy atom. The number of carboxylic acids is 1. The Morgan fingerprint density at radius 1 is 0.938 bits per heavy atom. The van der Waals surface area contributed by atoms with Crippen molar-refractivity contribution in [3.8, 4) is 11.1 Å². The molecule has 166 valence electrons. The van der Waals surface area contributed by atoms with Crippen molar-refractivity contribution in [1.29, 1.82) is 0 Å². The maximum Gasteiger partial charge on any atom is 0.407 e. The van der Waals surface area contributed by atoms with Crippen molar-refractivity contribution in [2.24, 2.45) is 5.41 Å². The molecule has 2 aromatic rings. The van der Waals surface area contributed by atoms with E-state index in [1.807, 2.05) is 24.3 Å². The molecule has 2 aromatic carbocycles. The van der Waals surface area contributed by atoms with Crippen molar-refractivity contribution >= 4 is 18.0 Å². The summed E-state index contributed by atoms with van der Waals surface area (Å²) in [6, 6.07) is 16.3. The third kappa shape index (κ3) is 3.83. The molecule has 0 aromatic heterocycles. The minimum Gasteiger partial charge on any atom is -0.481 e. The number of hydrogen-bond donors (Lipinski definition) is 3. The lowest BCUT2D eigenvalue weighted by Gasteiger charge is -2.19. The summed E-state index contributed by atoms with van der Waals surface area (Å²) in [5.41, 5.74) is 3.24. The van der Waals surface area contributed by atoms with Crippen LogP contribution in [0.4, 0.5) is 4.79 Å². The van der Waals surface area contributed by atoms with Crippen molar-refractivity contribution in [3.05, 3.63) is 59.7 Å². The number of fused-ring (bicyclic) bond motifs is 3. The molecule has 0 atom stereocenters. The van der Waals surface area contributed by atoms with Crippen LogP contribution in [0.15, 0.2) is 48.5 Å². The molecule has 3 N–H and O–H groups in total. The quantitative estimate of drug-likeness (QED) is 0.590. The number of carboxylic acid groups (broad SMARTS) is 1. The zero-order chi connectivity index (χ0) is 22.3. The normalized spacial score (nSPS) is 18.8. The van der Waals surface area contributed by atoms with E-state index in [0.29, 0.717) is 25.7 Å². The molecule has 5 rings (SSSR count). The molecule has 2 fully saturated rings. The average molecular weight is 434 g/mol. The summed E-state index contributed by atoms with van der Waals surface area (Å²) in [7, 11) is 0. The van der Waals surface area contributed by atoms with Gasteiger partial charge in [0.15, 0.2) is 0 Å². The van der Waals surface area contributed by atoms with Crippen LogP contribution < -0.4 is 10.6 Å². The van der Waals surface area contributed by atoms with Gasteiger partial charge in [-0.15, -0.1) is 0 Å². The first-order chi connectivity index (χ1) is 15.4. The number of ether oxygens (including phenoxy) is 1. The summed E-state index contributed by atoms with van der Waals surface area (Å²) in [6.07, 6.45) is 2.19. The standard InChI is InChI=1S/C25H26N2O5/c28-21(26-15-24(9-10-24)22(29)30)13-25(11-12-25)27-23(31)32-14-20-18-7-3-1-5-16(18)17-6-2-4-8-19(17)20/h1-8,20H,9-15H2,(H,26,28)(H,27,31)(H,29,30). The Hall–Kier alpha value is -3.35. The van der Waals surface area contributed by atoms with Crippen LogP contribution in [0.5, 0.6) is 0 Å². The first-order valence-electron chi connectivity index (χ1n) is 11.0. The molecular formula is C25H26N2O5. The molecule has 3 aliphatic rings. The number of aliphatic carboxylic acids is 1.